The van der Waals surface area contributed by atoms with Crippen molar-refractivity contribution in [2.24, 2.45) is 0 Å². The van der Waals surface area contributed by atoms with Gasteiger partial charge < -0.3 is 5.32 Å². The average molecular weight is 286 g/mol. The Morgan fingerprint density at radius 3 is 2.52 bits per heavy atom. The van der Waals surface area contributed by atoms with Crippen LogP contribution in [0.2, 0.25) is 0 Å². The molecule has 0 saturated heterocycles. The topological polar surface area (TPSA) is 52.9 Å². The molecule has 0 aliphatic rings. The summed E-state index contributed by atoms with van der Waals surface area (Å²) in [6.45, 7) is 0. The first-order valence-electron chi connectivity index (χ1n) is 6.28. The van der Waals surface area contributed by atoms with Crippen LogP contribution in [0.5, 0.6) is 0 Å². The molecule has 0 aliphatic carbocycles. The Kier molecular flexibility index (Phi) is 4.62. The summed E-state index contributed by atoms with van der Waals surface area (Å²) in [6.07, 6.45) is -0.325. The first-order chi connectivity index (χ1) is 10.1. The second-order valence-electron chi connectivity index (χ2n) is 4.43. The van der Waals surface area contributed by atoms with Crippen molar-refractivity contribution in [3.63, 3.8) is 0 Å². The minimum absolute atomic E-state index is 0.0442. The maximum absolute atomic E-state index is 13.5. The van der Waals surface area contributed by atoms with Crippen LogP contribution in [0.3, 0.4) is 0 Å². The lowest BCUT2D eigenvalue weighted by molar-refractivity contribution is -0.120. The van der Waals surface area contributed by atoms with Gasteiger partial charge in [-0.05, 0) is 11.6 Å². The summed E-state index contributed by atoms with van der Waals surface area (Å²) >= 11 is 0. The number of nitriles is 1. The summed E-state index contributed by atoms with van der Waals surface area (Å²) < 4.78 is 26.5. The molecule has 0 bridgehead atoms. The van der Waals surface area contributed by atoms with E-state index in [0.717, 1.165) is 6.07 Å². The number of nitrogens with one attached hydrogen (secondary N) is 1. The highest BCUT2D eigenvalue weighted by Gasteiger charge is 2.16. The molecule has 0 radical (unpaired) electrons. The molecule has 3 nitrogen and oxygen atoms in total. The number of benzene rings is 2. The quantitative estimate of drug-likeness (QED) is 0.939. The number of rotatable bonds is 4. The molecular weight excluding hydrogens is 274 g/mol. The van der Waals surface area contributed by atoms with Gasteiger partial charge in [0.05, 0.1) is 12.5 Å². The first kappa shape index (κ1) is 14.7. The largest absolute Gasteiger partial charge is 0.336 e. The molecule has 21 heavy (non-hydrogen) atoms. The maximum Gasteiger partial charge on any atom is 0.225 e. The molecule has 1 atom stereocenters. The number of carbonyl (C=O) groups is 1. The van der Waals surface area contributed by atoms with E-state index in [9.17, 15) is 13.6 Å². The predicted octanol–water partition coefficient (Wildman–Crippen LogP) is 2.89. The molecule has 1 unspecified atom stereocenters. The fourth-order valence-electron chi connectivity index (χ4n) is 1.91. The van der Waals surface area contributed by atoms with Crippen LogP contribution in [0.25, 0.3) is 0 Å². The minimum atomic E-state index is -1.04. The second-order valence-corrected chi connectivity index (χ2v) is 4.43. The number of amides is 1. The SMILES string of the molecule is N#CC(NC(=O)Cc1cccc(F)c1F)c1ccccc1. The molecule has 1 N–H and O–H groups in total. The van der Waals surface area contributed by atoms with Crippen LogP contribution in [0.4, 0.5) is 8.78 Å². The van der Waals surface area contributed by atoms with E-state index in [4.69, 9.17) is 5.26 Å². The number of carbonyl (C=O) groups excluding carboxylic acids is 1. The fourth-order valence-corrected chi connectivity index (χ4v) is 1.91. The van der Waals surface area contributed by atoms with E-state index in [0.29, 0.717) is 5.56 Å². The summed E-state index contributed by atoms with van der Waals surface area (Å²) in [4.78, 5) is 11.9. The minimum Gasteiger partial charge on any atom is -0.336 e. The van der Waals surface area contributed by atoms with Crippen LogP contribution in [0.15, 0.2) is 48.5 Å². The van der Waals surface area contributed by atoms with Crippen LogP contribution in [-0.2, 0) is 11.2 Å². The van der Waals surface area contributed by atoms with Crippen LogP contribution < -0.4 is 5.32 Å². The molecule has 1 amide bonds. The number of halogens is 2. The van der Waals surface area contributed by atoms with E-state index < -0.39 is 23.6 Å². The molecule has 5 heteroatoms. The zero-order chi connectivity index (χ0) is 15.2. The Morgan fingerprint density at radius 2 is 1.86 bits per heavy atom. The highest BCUT2D eigenvalue weighted by atomic mass is 19.2. The van der Waals surface area contributed by atoms with E-state index in [-0.39, 0.29) is 12.0 Å². The normalized spacial score (nSPS) is 11.5. The summed E-state index contributed by atoms with van der Waals surface area (Å²) in [7, 11) is 0. The summed E-state index contributed by atoms with van der Waals surface area (Å²) in [5.74, 6) is -2.59. The number of hydrogen-bond donors (Lipinski definition) is 1. The summed E-state index contributed by atoms with van der Waals surface area (Å²) in [5, 5.41) is 11.6. The van der Waals surface area contributed by atoms with Gasteiger partial charge in [0, 0.05) is 5.56 Å². The zero-order valence-electron chi connectivity index (χ0n) is 11.0. The van der Waals surface area contributed by atoms with Gasteiger partial charge in [0.15, 0.2) is 11.6 Å². The second kappa shape index (κ2) is 6.62. The lowest BCUT2D eigenvalue weighted by atomic mass is 10.1. The third-order valence-electron chi connectivity index (χ3n) is 2.95. The smallest absolute Gasteiger partial charge is 0.225 e. The monoisotopic (exact) mass is 286 g/mol. The van der Waals surface area contributed by atoms with Gasteiger partial charge in [0.25, 0.3) is 0 Å². The van der Waals surface area contributed by atoms with Gasteiger partial charge in [0.1, 0.15) is 6.04 Å². The molecule has 0 fully saturated rings. The van der Waals surface area contributed by atoms with Crippen molar-refractivity contribution < 1.29 is 13.6 Å². The van der Waals surface area contributed by atoms with Crippen molar-refractivity contribution in [2.75, 3.05) is 0 Å². The first-order valence-corrected chi connectivity index (χ1v) is 6.28. The fraction of sp³-hybridized carbons (Fsp3) is 0.125. The van der Waals surface area contributed by atoms with Gasteiger partial charge in [-0.3, -0.25) is 4.79 Å². The van der Waals surface area contributed by atoms with Crippen molar-refractivity contribution >= 4 is 5.91 Å². The van der Waals surface area contributed by atoms with Gasteiger partial charge in [-0.2, -0.15) is 5.26 Å². The van der Waals surface area contributed by atoms with E-state index in [1.54, 1.807) is 30.3 Å². The molecule has 106 valence electrons. The number of nitrogens with zero attached hydrogens (tertiary/aromatic N) is 1. The average Bonchev–Trinajstić information content (AvgIpc) is 2.50. The van der Waals surface area contributed by atoms with Crippen molar-refractivity contribution in [2.45, 2.75) is 12.5 Å². The Morgan fingerprint density at radius 1 is 1.14 bits per heavy atom. The van der Waals surface area contributed by atoms with Gasteiger partial charge >= 0.3 is 0 Å². The third-order valence-corrected chi connectivity index (χ3v) is 2.95. The Hall–Kier alpha value is -2.74. The van der Waals surface area contributed by atoms with Crippen molar-refractivity contribution in [3.05, 3.63) is 71.3 Å². The Balaban J connectivity index is 2.08. The molecule has 2 rings (SSSR count). The van der Waals surface area contributed by atoms with Gasteiger partial charge in [-0.25, -0.2) is 8.78 Å². The molecule has 0 aromatic heterocycles. The maximum atomic E-state index is 13.5. The van der Waals surface area contributed by atoms with Crippen LogP contribution in [0.1, 0.15) is 17.2 Å². The van der Waals surface area contributed by atoms with E-state index in [1.165, 1.54) is 12.1 Å². The molecule has 0 aliphatic heterocycles. The molecule has 0 spiro atoms. The van der Waals surface area contributed by atoms with E-state index in [2.05, 4.69) is 5.32 Å². The lowest BCUT2D eigenvalue weighted by Gasteiger charge is -2.12. The van der Waals surface area contributed by atoms with Gasteiger partial charge in [-0.1, -0.05) is 42.5 Å². The van der Waals surface area contributed by atoms with Crippen LogP contribution >= 0.6 is 0 Å². The van der Waals surface area contributed by atoms with E-state index >= 15 is 0 Å². The summed E-state index contributed by atoms with van der Waals surface area (Å²) in [5.41, 5.74) is 0.588. The Labute approximate surface area is 120 Å². The van der Waals surface area contributed by atoms with Gasteiger partial charge in [-0.15, -0.1) is 0 Å². The number of hydrogen-bond acceptors (Lipinski definition) is 2. The standard InChI is InChI=1S/C16H12F2N2O/c17-13-8-4-7-12(16(13)18)9-15(21)20-14(10-19)11-5-2-1-3-6-11/h1-8,14H,9H2,(H,20,21). The molecule has 2 aromatic rings. The van der Waals surface area contributed by atoms with Crippen LogP contribution in [-0.4, -0.2) is 5.91 Å². The molecule has 0 saturated carbocycles. The van der Waals surface area contributed by atoms with E-state index in [1.807, 2.05) is 6.07 Å². The zero-order valence-corrected chi connectivity index (χ0v) is 11.0. The van der Waals surface area contributed by atoms with Gasteiger partial charge in [0.2, 0.25) is 5.91 Å². The third kappa shape index (κ3) is 3.63. The molecule has 0 heterocycles. The van der Waals surface area contributed by atoms with Crippen molar-refractivity contribution in [1.29, 1.82) is 5.26 Å². The lowest BCUT2D eigenvalue weighted by Crippen LogP contribution is -2.29. The molecular formula is C16H12F2N2O. The van der Waals surface area contributed by atoms with Crippen LogP contribution in [0, 0.1) is 23.0 Å². The summed E-state index contributed by atoms with van der Waals surface area (Å²) in [6, 6.07) is 13.5. The molecule has 2 aromatic carbocycles. The highest BCUT2D eigenvalue weighted by molar-refractivity contribution is 5.79. The van der Waals surface area contributed by atoms with Crippen molar-refractivity contribution in [3.8, 4) is 6.07 Å². The van der Waals surface area contributed by atoms with Crippen molar-refractivity contribution in [1.82, 2.24) is 5.32 Å². The Bertz CT molecular complexity index is 680. The predicted molar refractivity (Wildman–Crippen MR) is 73.0 cm³/mol. The highest BCUT2D eigenvalue weighted by Crippen LogP contribution is 2.14.